The van der Waals surface area contributed by atoms with Crippen LogP contribution in [0.25, 0.3) is 0 Å². The molecule has 0 spiro atoms. The Kier molecular flexibility index (Phi) is 4.80. The van der Waals surface area contributed by atoms with Gasteiger partial charge in [-0.2, -0.15) is 13.2 Å². The number of likely N-dealkylation sites (N-methyl/N-ethyl adjacent to an activating group) is 1. The van der Waals surface area contributed by atoms with Gasteiger partial charge in [0.25, 0.3) is 0 Å². The van der Waals surface area contributed by atoms with E-state index in [9.17, 15) is 18.0 Å². The summed E-state index contributed by atoms with van der Waals surface area (Å²) in [5.74, 6) is -1.43. The average Bonchev–Trinajstić information content (AvgIpc) is 2.27. The van der Waals surface area contributed by atoms with E-state index in [2.05, 4.69) is 10.6 Å². The van der Waals surface area contributed by atoms with Crippen molar-refractivity contribution in [2.75, 3.05) is 7.05 Å². The van der Waals surface area contributed by atoms with Gasteiger partial charge in [-0.05, 0) is 26.2 Å². The minimum atomic E-state index is -4.11. The van der Waals surface area contributed by atoms with E-state index in [1.54, 1.807) is 6.92 Å². The lowest BCUT2D eigenvalue weighted by atomic mass is 9.85. The molecule has 3 unspecified atom stereocenters. The number of carbonyl (C=O) groups is 1. The highest BCUT2D eigenvalue weighted by molar-refractivity contribution is 5.80. The van der Waals surface area contributed by atoms with Crippen molar-refractivity contribution in [3.8, 4) is 0 Å². The quantitative estimate of drug-likeness (QED) is 0.804. The summed E-state index contributed by atoms with van der Waals surface area (Å²) in [5.41, 5.74) is 0. The van der Waals surface area contributed by atoms with Crippen LogP contribution in [-0.4, -0.2) is 31.2 Å². The fraction of sp³-hybridized carbons (Fsp3) is 0.909. The molecule has 1 aliphatic rings. The molecule has 0 aromatic carbocycles. The van der Waals surface area contributed by atoms with E-state index >= 15 is 0 Å². The van der Waals surface area contributed by atoms with Crippen LogP contribution in [-0.2, 0) is 4.79 Å². The van der Waals surface area contributed by atoms with Gasteiger partial charge in [-0.15, -0.1) is 0 Å². The third-order valence-electron chi connectivity index (χ3n) is 3.26. The van der Waals surface area contributed by atoms with Crippen molar-refractivity contribution >= 4 is 5.91 Å². The Morgan fingerprint density at radius 3 is 2.53 bits per heavy atom. The number of hydrogen-bond acceptors (Lipinski definition) is 2. The van der Waals surface area contributed by atoms with E-state index in [4.69, 9.17) is 0 Å². The summed E-state index contributed by atoms with van der Waals surface area (Å²) in [4.78, 5) is 11.3. The number of nitrogens with one attached hydrogen (secondary N) is 2. The summed E-state index contributed by atoms with van der Waals surface area (Å²) in [5, 5.41) is 5.43. The normalized spacial score (nSPS) is 27.6. The molecule has 100 valence electrons. The summed E-state index contributed by atoms with van der Waals surface area (Å²) in [6.45, 7) is 1.66. The topological polar surface area (TPSA) is 41.1 Å². The molecule has 1 saturated carbocycles. The third-order valence-corrected chi connectivity index (χ3v) is 3.26. The molecule has 0 heterocycles. The highest BCUT2D eigenvalue weighted by Gasteiger charge is 2.42. The van der Waals surface area contributed by atoms with E-state index in [-0.39, 0.29) is 24.8 Å². The Hall–Kier alpha value is -0.780. The van der Waals surface area contributed by atoms with Crippen molar-refractivity contribution < 1.29 is 18.0 Å². The van der Waals surface area contributed by atoms with E-state index in [0.29, 0.717) is 12.8 Å². The molecule has 0 aromatic heterocycles. The number of amides is 1. The summed E-state index contributed by atoms with van der Waals surface area (Å²) >= 11 is 0. The van der Waals surface area contributed by atoms with Crippen molar-refractivity contribution in [1.29, 1.82) is 0 Å². The lowest BCUT2D eigenvalue weighted by Crippen LogP contribution is -2.48. The first-order valence-corrected chi connectivity index (χ1v) is 5.89. The highest BCUT2D eigenvalue weighted by Crippen LogP contribution is 2.37. The second kappa shape index (κ2) is 5.71. The first-order chi connectivity index (χ1) is 7.84. The van der Waals surface area contributed by atoms with Gasteiger partial charge in [0.15, 0.2) is 0 Å². The third kappa shape index (κ3) is 4.18. The van der Waals surface area contributed by atoms with Gasteiger partial charge in [-0.25, -0.2) is 0 Å². The molecule has 0 aromatic rings. The molecule has 3 nitrogen and oxygen atoms in total. The fourth-order valence-electron chi connectivity index (χ4n) is 2.28. The Morgan fingerprint density at radius 2 is 2.00 bits per heavy atom. The maximum Gasteiger partial charge on any atom is 0.391 e. The first kappa shape index (κ1) is 14.3. The van der Waals surface area contributed by atoms with Gasteiger partial charge >= 0.3 is 6.18 Å². The van der Waals surface area contributed by atoms with Crippen LogP contribution in [0.4, 0.5) is 13.2 Å². The van der Waals surface area contributed by atoms with Gasteiger partial charge in [0.1, 0.15) is 0 Å². The van der Waals surface area contributed by atoms with Crippen molar-refractivity contribution in [3.63, 3.8) is 0 Å². The lowest BCUT2D eigenvalue weighted by Gasteiger charge is -2.32. The van der Waals surface area contributed by atoms with E-state index < -0.39 is 18.1 Å². The van der Waals surface area contributed by atoms with Crippen molar-refractivity contribution in [1.82, 2.24) is 10.6 Å². The van der Waals surface area contributed by atoms with Crippen LogP contribution >= 0.6 is 0 Å². The van der Waals surface area contributed by atoms with Gasteiger partial charge in [0.05, 0.1) is 12.0 Å². The summed E-state index contributed by atoms with van der Waals surface area (Å²) < 4.78 is 37.7. The Balaban J connectivity index is 2.47. The number of hydrogen-bond donors (Lipinski definition) is 2. The van der Waals surface area contributed by atoms with Crippen LogP contribution in [0, 0.1) is 5.92 Å². The minimum Gasteiger partial charge on any atom is -0.358 e. The molecular weight excluding hydrogens is 233 g/mol. The Labute approximate surface area is 99.1 Å². The number of halogens is 3. The average molecular weight is 252 g/mol. The van der Waals surface area contributed by atoms with Crippen LogP contribution in [0.3, 0.4) is 0 Å². The first-order valence-electron chi connectivity index (χ1n) is 5.89. The van der Waals surface area contributed by atoms with Crippen molar-refractivity contribution in [2.45, 2.75) is 50.9 Å². The van der Waals surface area contributed by atoms with Gasteiger partial charge in [0.2, 0.25) is 5.91 Å². The zero-order valence-corrected chi connectivity index (χ0v) is 10.1. The predicted octanol–water partition coefficient (Wildman–Crippen LogP) is 1.83. The van der Waals surface area contributed by atoms with Crippen LogP contribution in [0.5, 0.6) is 0 Å². The molecule has 0 bridgehead atoms. The van der Waals surface area contributed by atoms with Gasteiger partial charge in [-0.1, -0.05) is 6.42 Å². The zero-order valence-electron chi connectivity index (χ0n) is 10.1. The second-order valence-corrected chi connectivity index (χ2v) is 4.60. The highest BCUT2D eigenvalue weighted by atomic mass is 19.4. The molecule has 2 N–H and O–H groups in total. The maximum absolute atomic E-state index is 12.6. The maximum atomic E-state index is 12.6. The molecule has 6 heteroatoms. The standard InChI is InChI=1S/C11H19F3N2O/c1-7(10(17)15-2)16-9-5-3-4-8(6-9)11(12,13)14/h7-9,16H,3-6H2,1-2H3,(H,15,17). The molecule has 3 atom stereocenters. The Bertz CT molecular complexity index is 268. The van der Waals surface area contributed by atoms with E-state index in [1.807, 2.05) is 0 Å². The van der Waals surface area contributed by atoms with Crippen LogP contribution in [0.1, 0.15) is 32.6 Å². The summed E-state index contributed by atoms with van der Waals surface area (Å²) in [7, 11) is 1.51. The molecule has 1 fully saturated rings. The minimum absolute atomic E-state index is 0.0742. The summed E-state index contributed by atoms with van der Waals surface area (Å²) in [6, 6.07) is -0.667. The van der Waals surface area contributed by atoms with Crippen LogP contribution in [0.15, 0.2) is 0 Å². The van der Waals surface area contributed by atoms with E-state index in [1.165, 1.54) is 7.05 Å². The van der Waals surface area contributed by atoms with Crippen molar-refractivity contribution in [2.24, 2.45) is 5.92 Å². The van der Waals surface area contributed by atoms with Crippen molar-refractivity contribution in [3.05, 3.63) is 0 Å². The van der Waals surface area contributed by atoms with E-state index in [0.717, 1.165) is 0 Å². The predicted molar refractivity (Wildman–Crippen MR) is 58.5 cm³/mol. The number of carbonyl (C=O) groups excluding carboxylic acids is 1. The van der Waals surface area contributed by atoms with Gasteiger partial charge < -0.3 is 10.6 Å². The molecule has 1 rings (SSSR count). The van der Waals surface area contributed by atoms with Crippen LogP contribution < -0.4 is 10.6 Å². The molecule has 1 amide bonds. The zero-order chi connectivity index (χ0) is 13.1. The largest absolute Gasteiger partial charge is 0.391 e. The molecule has 1 aliphatic carbocycles. The van der Waals surface area contributed by atoms with Gasteiger partial charge in [-0.3, -0.25) is 4.79 Å². The SMILES string of the molecule is CNC(=O)C(C)NC1CCCC(C(F)(F)F)C1. The number of alkyl halides is 3. The molecule has 17 heavy (non-hydrogen) atoms. The summed E-state index contributed by atoms with van der Waals surface area (Å²) in [6.07, 6.45) is -2.58. The van der Waals surface area contributed by atoms with Crippen LogP contribution in [0.2, 0.25) is 0 Å². The monoisotopic (exact) mass is 252 g/mol. The smallest absolute Gasteiger partial charge is 0.358 e. The molecule has 0 radical (unpaired) electrons. The molecular formula is C11H19F3N2O. The molecule has 0 aliphatic heterocycles. The Morgan fingerprint density at radius 1 is 1.35 bits per heavy atom. The second-order valence-electron chi connectivity index (χ2n) is 4.60. The number of rotatable bonds is 3. The lowest BCUT2D eigenvalue weighted by molar-refractivity contribution is -0.183. The molecule has 0 saturated heterocycles. The van der Waals surface area contributed by atoms with Gasteiger partial charge in [0, 0.05) is 13.1 Å². The fourth-order valence-corrected chi connectivity index (χ4v) is 2.28.